The van der Waals surface area contributed by atoms with Gasteiger partial charge in [-0.1, -0.05) is 12.1 Å². The maximum atomic E-state index is 13.2. The highest BCUT2D eigenvalue weighted by molar-refractivity contribution is 6.05. The van der Waals surface area contributed by atoms with Crippen molar-refractivity contribution in [3.8, 4) is 0 Å². The molecule has 1 aliphatic rings. The summed E-state index contributed by atoms with van der Waals surface area (Å²) in [7, 11) is 0. The SMILES string of the molecule is Cc1ccc(NC(=O)c2ccnc(N3CCOCC3)c2)cc1Nc1ncnn2cc(C(=O)NC(C)c3ccccn3)c(C)c12. The third-order valence-electron chi connectivity index (χ3n) is 7.64. The first-order chi connectivity index (χ1) is 21.4. The molecule has 0 radical (unpaired) electrons. The minimum Gasteiger partial charge on any atom is -0.378 e. The number of amides is 2. The Balaban J connectivity index is 1.21. The van der Waals surface area contributed by atoms with Crippen LogP contribution in [0.5, 0.6) is 0 Å². The number of rotatable bonds is 8. The van der Waals surface area contributed by atoms with Gasteiger partial charge in [0.05, 0.1) is 30.5 Å². The third kappa shape index (κ3) is 6.06. The summed E-state index contributed by atoms with van der Waals surface area (Å²) in [6, 6.07) is 14.5. The molecule has 0 spiro atoms. The predicted octanol–water partition coefficient (Wildman–Crippen LogP) is 4.46. The molecule has 6 rings (SSSR count). The van der Waals surface area contributed by atoms with Crippen LogP contribution in [0.3, 0.4) is 0 Å². The van der Waals surface area contributed by atoms with E-state index in [1.807, 2.05) is 57.2 Å². The average molecular weight is 592 g/mol. The van der Waals surface area contributed by atoms with E-state index >= 15 is 0 Å². The molecule has 0 aliphatic carbocycles. The Labute approximate surface area is 254 Å². The molecule has 12 nitrogen and oxygen atoms in total. The number of hydrogen-bond acceptors (Lipinski definition) is 9. The Morgan fingerprint density at radius 2 is 1.80 bits per heavy atom. The van der Waals surface area contributed by atoms with E-state index < -0.39 is 0 Å². The molecule has 4 aromatic heterocycles. The Bertz CT molecular complexity index is 1820. The number of hydrogen-bond donors (Lipinski definition) is 3. The zero-order chi connectivity index (χ0) is 30.6. The van der Waals surface area contributed by atoms with E-state index in [0.717, 1.165) is 41.4 Å². The van der Waals surface area contributed by atoms with E-state index in [2.05, 4.69) is 40.9 Å². The van der Waals surface area contributed by atoms with Gasteiger partial charge in [0.25, 0.3) is 11.8 Å². The number of aromatic nitrogens is 5. The minimum atomic E-state index is -0.270. The summed E-state index contributed by atoms with van der Waals surface area (Å²) in [5.74, 6) is 0.817. The summed E-state index contributed by atoms with van der Waals surface area (Å²) in [4.78, 5) is 41.8. The fraction of sp³-hybridized carbons (Fsp3) is 0.250. The lowest BCUT2D eigenvalue weighted by molar-refractivity contribution is 0.0937. The molecule has 5 heterocycles. The van der Waals surface area contributed by atoms with Crippen molar-refractivity contribution in [1.82, 2.24) is 29.9 Å². The standard InChI is InChI=1S/C32H33N9O3/c1-20-7-8-24(38-31(42)23-9-11-34-28(16-23)40-12-14-44-15-13-40)17-27(20)39-30-29-21(2)25(18-41(29)36-19-35-30)32(43)37-22(3)26-6-4-5-10-33-26/h4-11,16-19,22H,12-15H2,1-3H3,(H,37,43)(H,38,42)(H,35,36,39). The van der Waals surface area contributed by atoms with Crippen molar-refractivity contribution in [2.45, 2.75) is 26.8 Å². The zero-order valence-electron chi connectivity index (χ0n) is 24.7. The Hall–Kier alpha value is -5.36. The number of ether oxygens (including phenoxy) is 1. The normalized spacial score (nSPS) is 13.8. The number of anilines is 4. The van der Waals surface area contributed by atoms with Crippen LogP contribution in [0.4, 0.5) is 23.0 Å². The fourth-order valence-electron chi connectivity index (χ4n) is 5.15. The summed E-state index contributed by atoms with van der Waals surface area (Å²) in [5, 5.41) is 13.7. The number of carbonyl (C=O) groups is 2. The molecule has 1 atom stereocenters. The summed E-state index contributed by atoms with van der Waals surface area (Å²) < 4.78 is 7.07. The Morgan fingerprint density at radius 3 is 2.59 bits per heavy atom. The minimum absolute atomic E-state index is 0.231. The van der Waals surface area contributed by atoms with Gasteiger partial charge in [0.2, 0.25) is 0 Å². The van der Waals surface area contributed by atoms with Crippen LogP contribution < -0.4 is 20.9 Å². The number of nitrogens with one attached hydrogen (secondary N) is 3. The van der Waals surface area contributed by atoms with Gasteiger partial charge < -0.3 is 25.6 Å². The highest BCUT2D eigenvalue weighted by atomic mass is 16.5. The topological polar surface area (TPSA) is 139 Å². The van der Waals surface area contributed by atoms with Crippen LogP contribution in [0.2, 0.25) is 0 Å². The Morgan fingerprint density at radius 1 is 0.955 bits per heavy atom. The monoisotopic (exact) mass is 591 g/mol. The second-order valence-corrected chi connectivity index (χ2v) is 10.6. The van der Waals surface area contributed by atoms with Crippen molar-refractivity contribution in [2.75, 3.05) is 41.8 Å². The van der Waals surface area contributed by atoms with Gasteiger partial charge in [0, 0.05) is 48.6 Å². The van der Waals surface area contributed by atoms with E-state index in [-0.39, 0.29) is 17.9 Å². The molecule has 44 heavy (non-hydrogen) atoms. The maximum Gasteiger partial charge on any atom is 0.255 e. The van der Waals surface area contributed by atoms with Crippen LogP contribution in [-0.2, 0) is 4.74 Å². The molecular formula is C32H33N9O3. The predicted molar refractivity (Wildman–Crippen MR) is 168 cm³/mol. The van der Waals surface area contributed by atoms with E-state index in [1.165, 1.54) is 6.33 Å². The summed E-state index contributed by atoms with van der Waals surface area (Å²) in [5.41, 5.74) is 5.50. The lowest BCUT2D eigenvalue weighted by Crippen LogP contribution is -2.36. The summed E-state index contributed by atoms with van der Waals surface area (Å²) >= 11 is 0. The molecule has 3 N–H and O–H groups in total. The second-order valence-electron chi connectivity index (χ2n) is 10.6. The first kappa shape index (κ1) is 28.7. The second kappa shape index (κ2) is 12.5. The smallest absolute Gasteiger partial charge is 0.255 e. The van der Waals surface area contributed by atoms with E-state index in [4.69, 9.17) is 4.74 Å². The van der Waals surface area contributed by atoms with Crippen molar-refractivity contribution >= 4 is 40.3 Å². The highest BCUT2D eigenvalue weighted by Gasteiger charge is 2.21. The molecule has 224 valence electrons. The lowest BCUT2D eigenvalue weighted by atomic mass is 10.1. The Kier molecular flexibility index (Phi) is 8.15. The zero-order valence-corrected chi connectivity index (χ0v) is 24.7. The van der Waals surface area contributed by atoms with E-state index in [0.29, 0.717) is 41.4 Å². The van der Waals surface area contributed by atoms with Crippen LogP contribution in [0, 0.1) is 13.8 Å². The van der Waals surface area contributed by atoms with Crippen molar-refractivity contribution in [3.05, 3.63) is 101 Å². The van der Waals surface area contributed by atoms with Crippen LogP contribution in [0.15, 0.2) is 73.4 Å². The largest absolute Gasteiger partial charge is 0.378 e. The molecule has 1 fully saturated rings. The van der Waals surface area contributed by atoms with Crippen LogP contribution in [0.1, 0.15) is 50.5 Å². The molecule has 0 saturated carbocycles. The number of nitrogens with zero attached hydrogens (tertiary/aromatic N) is 6. The highest BCUT2D eigenvalue weighted by Crippen LogP contribution is 2.29. The molecule has 1 aliphatic heterocycles. The van der Waals surface area contributed by atoms with E-state index in [9.17, 15) is 9.59 Å². The third-order valence-corrected chi connectivity index (χ3v) is 7.64. The first-order valence-corrected chi connectivity index (χ1v) is 14.4. The van der Waals surface area contributed by atoms with Gasteiger partial charge in [-0.15, -0.1) is 0 Å². The molecule has 2 amide bonds. The van der Waals surface area contributed by atoms with Crippen LogP contribution in [0.25, 0.3) is 5.52 Å². The molecule has 5 aromatic rings. The molecule has 1 aromatic carbocycles. The van der Waals surface area contributed by atoms with Gasteiger partial charge in [-0.2, -0.15) is 5.10 Å². The number of pyridine rings is 2. The fourth-order valence-corrected chi connectivity index (χ4v) is 5.15. The number of aryl methyl sites for hydroxylation is 2. The van der Waals surface area contributed by atoms with Gasteiger partial charge in [-0.25, -0.2) is 14.5 Å². The maximum absolute atomic E-state index is 13.2. The molecule has 0 bridgehead atoms. The van der Waals surface area contributed by atoms with E-state index in [1.54, 1.807) is 35.2 Å². The number of benzene rings is 1. The van der Waals surface area contributed by atoms with Crippen molar-refractivity contribution < 1.29 is 14.3 Å². The van der Waals surface area contributed by atoms with Gasteiger partial charge in [-0.3, -0.25) is 14.6 Å². The molecule has 1 unspecified atom stereocenters. The quantitative estimate of drug-likeness (QED) is 0.239. The number of carbonyl (C=O) groups excluding carboxylic acids is 2. The molecule has 12 heteroatoms. The lowest BCUT2D eigenvalue weighted by Gasteiger charge is -2.27. The average Bonchev–Trinajstić information content (AvgIpc) is 3.40. The van der Waals surface area contributed by atoms with Gasteiger partial charge in [0.1, 0.15) is 17.7 Å². The van der Waals surface area contributed by atoms with Crippen LogP contribution in [-0.4, -0.2) is 62.7 Å². The van der Waals surface area contributed by atoms with Crippen molar-refractivity contribution in [1.29, 1.82) is 0 Å². The van der Waals surface area contributed by atoms with Crippen molar-refractivity contribution in [3.63, 3.8) is 0 Å². The van der Waals surface area contributed by atoms with Gasteiger partial charge >= 0.3 is 0 Å². The van der Waals surface area contributed by atoms with Crippen molar-refractivity contribution in [2.24, 2.45) is 0 Å². The number of morpholine rings is 1. The summed E-state index contributed by atoms with van der Waals surface area (Å²) in [6.07, 6.45) is 6.48. The molecule has 1 saturated heterocycles. The number of fused-ring (bicyclic) bond motifs is 1. The van der Waals surface area contributed by atoms with Gasteiger partial charge in [-0.05, 0) is 68.3 Å². The first-order valence-electron chi connectivity index (χ1n) is 14.4. The van der Waals surface area contributed by atoms with Crippen LogP contribution >= 0.6 is 0 Å². The summed E-state index contributed by atoms with van der Waals surface area (Å²) in [6.45, 7) is 8.47. The molecular weight excluding hydrogens is 558 g/mol. The van der Waals surface area contributed by atoms with Gasteiger partial charge in [0.15, 0.2) is 5.82 Å².